The Morgan fingerprint density at radius 1 is 1.07 bits per heavy atom. The van der Waals surface area contributed by atoms with E-state index in [-0.39, 0.29) is 12.3 Å². The predicted octanol–water partition coefficient (Wildman–Crippen LogP) is 6.61. The summed E-state index contributed by atoms with van der Waals surface area (Å²) in [7, 11) is 0. The van der Waals surface area contributed by atoms with Crippen molar-refractivity contribution in [2.75, 3.05) is 0 Å². The number of rotatable bonds is 3. The molecule has 0 saturated heterocycles. The lowest BCUT2D eigenvalue weighted by Crippen LogP contribution is -2.33. The largest absolute Gasteiger partial charge is 0.464 e. The third kappa shape index (κ3) is 3.22. The van der Waals surface area contributed by atoms with Gasteiger partial charge in [0.05, 0.1) is 6.04 Å². The van der Waals surface area contributed by atoms with E-state index in [4.69, 9.17) is 25.9 Å². The Bertz CT molecular complexity index is 1080. The number of fused-ring (bicyclic) bond motifs is 3. The Balaban J connectivity index is 1.57. The fourth-order valence-electron chi connectivity index (χ4n) is 4.06. The lowest BCUT2D eigenvalue weighted by atomic mass is 9.96. The third-order valence-corrected chi connectivity index (χ3v) is 5.90. The molecule has 3 aromatic rings. The highest BCUT2D eigenvalue weighted by atomic mass is 35.5. The number of hydrogen-bond donors (Lipinski definition) is 0. The van der Waals surface area contributed by atoms with Crippen LogP contribution in [0.15, 0.2) is 64.1 Å². The zero-order chi connectivity index (χ0) is 20.1. The molecule has 3 heterocycles. The van der Waals surface area contributed by atoms with Crippen molar-refractivity contribution in [1.82, 2.24) is 5.01 Å². The summed E-state index contributed by atoms with van der Waals surface area (Å²) in [4.78, 5) is 0. The van der Waals surface area contributed by atoms with E-state index < -0.39 is 0 Å². The van der Waals surface area contributed by atoms with Crippen molar-refractivity contribution in [3.8, 4) is 5.75 Å². The first kappa shape index (κ1) is 18.3. The van der Waals surface area contributed by atoms with E-state index in [1.54, 1.807) is 0 Å². The topological polar surface area (TPSA) is 38.0 Å². The minimum Gasteiger partial charge on any atom is -0.464 e. The average Bonchev–Trinajstić information content (AvgIpc) is 3.34. The Morgan fingerprint density at radius 3 is 2.55 bits per heavy atom. The highest BCUT2D eigenvalue weighted by Crippen LogP contribution is 2.48. The lowest BCUT2D eigenvalue weighted by molar-refractivity contribution is -0.0190. The van der Waals surface area contributed by atoms with Crippen LogP contribution in [0.4, 0.5) is 0 Å². The van der Waals surface area contributed by atoms with Crippen LogP contribution in [0.5, 0.6) is 5.75 Å². The summed E-state index contributed by atoms with van der Waals surface area (Å²) < 4.78 is 12.3. The Labute approximate surface area is 175 Å². The summed E-state index contributed by atoms with van der Waals surface area (Å²) in [5.74, 6) is 3.05. The maximum absolute atomic E-state index is 6.41. The minimum atomic E-state index is -0.288. The molecule has 2 aliphatic rings. The minimum absolute atomic E-state index is 0.0626. The van der Waals surface area contributed by atoms with Crippen LogP contribution in [-0.2, 0) is 0 Å². The van der Waals surface area contributed by atoms with Gasteiger partial charge in [0.2, 0.25) is 6.23 Å². The molecule has 0 amide bonds. The standard InChI is InChI=1S/C24H23ClN2O2/c1-14(2)16-5-7-17(8-6-16)24-27-21(19-12-18(25)9-11-22(19)29-24)13-20(26-27)23-10-4-15(3)28-23/h4-12,14,21,24H,13H2,1-3H3/t21-,24+/m0/s1. The fraction of sp³-hybridized carbons (Fsp3) is 0.292. The first-order valence-corrected chi connectivity index (χ1v) is 10.4. The number of hydrazone groups is 1. The molecule has 0 aliphatic carbocycles. The first-order valence-electron chi connectivity index (χ1n) is 9.98. The van der Waals surface area contributed by atoms with Crippen molar-refractivity contribution in [2.24, 2.45) is 5.10 Å². The summed E-state index contributed by atoms with van der Waals surface area (Å²) in [5, 5.41) is 7.68. The molecule has 5 rings (SSSR count). The van der Waals surface area contributed by atoms with Gasteiger partial charge in [-0.3, -0.25) is 0 Å². The number of ether oxygens (including phenoxy) is 1. The Kier molecular flexibility index (Phi) is 4.39. The molecule has 0 spiro atoms. The van der Waals surface area contributed by atoms with Crippen molar-refractivity contribution in [1.29, 1.82) is 0 Å². The molecule has 148 valence electrons. The van der Waals surface area contributed by atoms with Crippen LogP contribution in [-0.4, -0.2) is 10.7 Å². The second-order valence-electron chi connectivity index (χ2n) is 8.03. The van der Waals surface area contributed by atoms with Crippen LogP contribution in [0.1, 0.15) is 66.7 Å². The number of aryl methyl sites for hydroxylation is 1. The first-order chi connectivity index (χ1) is 14.0. The van der Waals surface area contributed by atoms with Crippen molar-refractivity contribution in [3.05, 3.63) is 87.8 Å². The summed E-state index contributed by atoms with van der Waals surface area (Å²) in [5.41, 5.74) is 4.39. The van der Waals surface area contributed by atoms with Crippen LogP contribution in [0, 0.1) is 6.92 Å². The quantitative estimate of drug-likeness (QED) is 0.491. The van der Waals surface area contributed by atoms with Gasteiger partial charge in [0.15, 0.2) is 0 Å². The van der Waals surface area contributed by atoms with Crippen LogP contribution < -0.4 is 4.74 Å². The van der Waals surface area contributed by atoms with Gasteiger partial charge in [-0.15, -0.1) is 0 Å². The van der Waals surface area contributed by atoms with Gasteiger partial charge in [-0.05, 0) is 48.7 Å². The summed E-state index contributed by atoms with van der Waals surface area (Å²) >= 11 is 6.29. The molecule has 0 saturated carbocycles. The molecule has 4 nitrogen and oxygen atoms in total. The molecule has 0 radical (unpaired) electrons. The number of furan rings is 1. The second kappa shape index (κ2) is 6.96. The highest BCUT2D eigenvalue weighted by Gasteiger charge is 2.41. The van der Waals surface area contributed by atoms with Crippen LogP contribution in [0.2, 0.25) is 5.02 Å². The van der Waals surface area contributed by atoms with E-state index in [1.807, 2.05) is 37.3 Å². The number of hydrogen-bond acceptors (Lipinski definition) is 4. The van der Waals surface area contributed by atoms with Crippen LogP contribution >= 0.6 is 11.6 Å². The third-order valence-electron chi connectivity index (χ3n) is 5.66. The van der Waals surface area contributed by atoms with Gasteiger partial charge >= 0.3 is 0 Å². The van der Waals surface area contributed by atoms with E-state index in [0.29, 0.717) is 10.9 Å². The lowest BCUT2D eigenvalue weighted by Gasteiger charge is -2.38. The van der Waals surface area contributed by atoms with E-state index >= 15 is 0 Å². The van der Waals surface area contributed by atoms with Gasteiger partial charge in [0, 0.05) is 22.6 Å². The number of benzene rings is 2. The molecular weight excluding hydrogens is 384 g/mol. The molecule has 2 aliphatic heterocycles. The molecule has 2 atom stereocenters. The van der Waals surface area contributed by atoms with Crippen LogP contribution in [0.3, 0.4) is 0 Å². The van der Waals surface area contributed by atoms with Crippen molar-refractivity contribution in [2.45, 2.75) is 45.4 Å². The molecule has 0 fully saturated rings. The van der Waals surface area contributed by atoms with Crippen molar-refractivity contribution < 1.29 is 9.15 Å². The smallest absolute Gasteiger partial charge is 0.213 e. The second-order valence-corrected chi connectivity index (χ2v) is 8.47. The predicted molar refractivity (Wildman–Crippen MR) is 115 cm³/mol. The fourth-order valence-corrected chi connectivity index (χ4v) is 4.24. The van der Waals surface area contributed by atoms with E-state index in [2.05, 4.69) is 43.1 Å². The molecule has 0 N–H and O–H groups in total. The molecule has 0 bridgehead atoms. The van der Waals surface area contributed by atoms with Crippen molar-refractivity contribution in [3.63, 3.8) is 0 Å². The van der Waals surface area contributed by atoms with Crippen molar-refractivity contribution >= 4 is 17.3 Å². The monoisotopic (exact) mass is 406 g/mol. The van der Waals surface area contributed by atoms with Gasteiger partial charge in [0.25, 0.3) is 0 Å². The van der Waals surface area contributed by atoms with Crippen LogP contribution in [0.25, 0.3) is 0 Å². The molecular formula is C24H23ClN2O2. The highest BCUT2D eigenvalue weighted by molar-refractivity contribution is 6.30. The molecule has 2 aromatic carbocycles. The Morgan fingerprint density at radius 2 is 1.86 bits per heavy atom. The van der Waals surface area contributed by atoms with Gasteiger partial charge in [-0.1, -0.05) is 49.7 Å². The zero-order valence-corrected chi connectivity index (χ0v) is 17.5. The average molecular weight is 407 g/mol. The van der Waals surface area contributed by atoms with E-state index in [1.165, 1.54) is 5.56 Å². The maximum Gasteiger partial charge on any atom is 0.213 e. The molecule has 5 heteroatoms. The normalized spacial score (nSPS) is 20.3. The van der Waals surface area contributed by atoms with Gasteiger partial charge < -0.3 is 9.15 Å². The van der Waals surface area contributed by atoms with Gasteiger partial charge in [-0.2, -0.15) is 5.10 Å². The van der Waals surface area contributed by atoms with Gasteiger partial charge in [0.1, 0.15) is 23.0 Å². The van der Waals surface area contributed by atoms with Gasteiger partial charge in [-0.25, -0.2) is 5.01 Å². The molecule has 1 aromatic heterocycles. The number of nitrogens with zero attached hydrogens (tertiary/aromatic N) is 2. The SMILES string of the molecule is Cc1ccc(C2=NN3[C@@H](c4ccc(C(C)C)cc4)Oc4ccc(Cl)cc4[C@@H]3C2)o1. The van der Waals surface area contributed by atoms with E-state index in [9.17, 15) is 0 Å². The Hall–Kier alpha value is -2.72. The summed E-state index contributed by atoms with van der Waals surface area (Å²) in [6.45, 7) is 6.35. The number of halogens is 1. The zero-order valence-electron chi connectivity index (χ0n) is 16.7. The summed E-state index contributed by atoms with van der Waals surface area (Å²) in [6.07, 6.45) is 0.466. The van der Waals surface area contributed by atoms with E-state index in [0.717, 1.165) is 40.5 Å². The maximum atomic E-state index is 6.41. The molecule has 0 unspecified atom stereocenters. The molecule has 29 heavy (non-hydrogen) atoms. The summed E-state index contributed by atoms with van der Waals surface area (Å²) in [6, 6.07) is 18.5.